The van der Waals surface area contributed by atoms with Crippen molar-refractivity contribution in [1.29, 1.82) is 0 Å². The van der Waals surface area contributed by atoms with E-state index < -0.39 is 0 Å². The van der Waals surface area contributed by atoms with Gasteiger partial charge in [0.15, 0.2) is 0 Å². The number of anilines is 2. The topological polar surface area (TPSA) is 51.4 Å². The van der Waals surface area contributed by atoms with Crippen LogP contribution in [-0.2, 0) is 4.74 Å². The molecular formula is C15H19N3O. The number of fused-ring (bicyclic) bond motifs is 1. The van der Waals surface area contributed by atoms with Crippen LogP contribution in [0.1, 0.15) is 13.8 Å². The normalized spacial score (nSPS) is 23.8. The molecule has 100 valence electrons. The molecule has 0 bridgehead atoms. The van der Waals surface area contributed by atoms with Crippen molar-refractivity contribution in [3.05, 3.63) is 30.5 Å². The first-order chi connectivity index (χ1) is 9.15. The average Bonchev–Trinajstić information content (AvgIpc) is 2.38. The minimum absolute atomic E-state index is 0.229. The average molecular weight is 257 g/mol. The van der Waals surface area contributed by atoms with Gasteiger partial charge in [-0.3, -0.25) is 4.98 Å². The van der Waals surface area contributed by atoms with E-state index in [0.717, 1.165) is 35.4 Å². The van der Waals surface area contributed by atoms with Gasteiger partial charge in [-0.1, -0.05) is 0 Å². The molecule has 2 aromatic rings. The molecular weight excluding hydrogens is 238 g/mol. The Morgan fingerprint density at radius 1 is 1.21 bits per heavy atom. The maximum atomic E-state index is 6.32. The Morgan fingerprint density at radius 3 is 2.68 bits per heavy atom. The van der Waals surface area contributed by atoms with Crippen molar-refractivity contribution in [2.24, 2.45) is 0 Å². The van der Waals surface area contributed by atoms with Gasteiger partial charge in [0.05, 0.1) is 29.1 Å². The van der Waals surface area contributed by atoms with Crippen molar-refractivity contribution in [3.63, 3.8) is 0 Å². The van der Waals surface area contributed by atoms with Crippen LogP contribution in [0.15, 0.2) is 30.5 Å². The molecule has 0 aliphatic carbocycles. The lowest BCUT2D eigenvalue weighted by molar-refractivity contribution is -0.00516. The SMILES string of the molecule is C[C@@H]1CN(c2ccc3ncccc3c2N)C[C@H](C)O1. The lowest BCUT2D eigenvalue weighted by Gasteiger charge is -2.37. The second-order valence-corrected chi connectivity index (χ2v) is 5.23. The Labute approximate surface area is 113 Å². The minimum atomic E-state index is 0.229. The van der Waals surface area contributed by atoms with E-state index in [1.54, 1.807) is 6.20 Å². The van der Waals surface area contributed by atoms with E-state index in [2.05, 4.69) is 29.8 Å². The highest BCUT2D eigenvalue weighted by atomic mass is 16.5. The van der Waals surface area contributed by atoms with Gasteiger partial charge in [-0.05, 0) is 38.1 Å². The quantitative estimate of drug-likeness (QED) is 0.797. The number of nitrogens with two attached hydrogens (primary N) is 1. The summed E-state index contributed by atoms with van der Waals surface area (Å²) in [6, 6.07) is 8.04. The van der Waals surface area contributed by atoms with E-state index in [-0.39, 0.29) is 12.2 Å². The molecule has 1 saturated heterocycles. The molecule has 4 heteroatoms. The summed E-state index contributed by atoms with van der Waals surface area (Å²) in [5.41, 5.74) is 9.16. The van der Waals surface area contributed by atoms with Crippen molar-refractivity contribution in [3.8, 4) is 0 Å². The Hall–Kier alpha value is -1.81. The number of hydrogen-bond acceptors (Lipinski definition) is 4. The van der Waals surface area contributed by atoms with Crippen LogP contribution in [0, 0.1) is 0 Å². The molecule has 3 rings (SSSR count). The summed E-state index contributed by atoms with van der Waals surface area (Å²) < 4.78 is 5.77. The smallest absolute Gasteiger partial charge is 0.0726 e. The molecule has 19 heavy (non-hydrogen) atoms. The monoisotopic (exact) mass is 257 g/mol. The molecule has 1 fully saturated rings. The van der Waals surface area contributed by atoms with Crippen LogP contribution in [0.4, 0.5) is 11.4 Å². The first-order valence-corrected chi connectivity index (χ1v) is 6.69. The van der Waals surface area contributed by atoms with Crippen molar-refractivity contribution in [2.75, 3.05) is 23.7 Å². The van der Waals surface area contributed by atoms with Crippen LogP contribution in [0.25, 0.3) is 10.9 Å². The van der Waals surface area contributed by atoms with Gasteiger partial charge in [-0.15, -0.1) is 0 Å². The van der Waals surface area contributed by atoms with Crippen LogP contribution in [0.5, 0.6) is 0 Å². The van der Waals surface area contributed by atoms with Crippen molar-refractivity contribution >= 4 is 22.3 Å². The predicted molar refractivity (Wildman–Crippen MR) is 78.4 cm³/mol. The van der Waals surface area contributed by atoms with Gasteiger partial charge in [0.1, 0.15) is 0 Å². The summed E-state index contributed by atoms with van der Waals surface area (Å²) in [4.78, 5) is 6.64. The number of morpholine rings is 1. The van der Waals surface area contributed by atoms with Crippen LogP contribution in [-0.4, -0.2) is 30.3 Å². The summed E-state index contributed by atoms with van der Waals surface area (Å²) in [6.45, 7) is 5.95. The van der Waals surface area contributed by atoms with Gasteiger partial charge in [-0.2, -0.15) is 0 Å². The van der Waals surface area contributed by atoms with E-state index in [1.807, 2.05) is 18.2 Å². The maximum absolute atomic E-state index is 6.32. The molecule has 0 saturated carbocycles. The van der Waals surface area contributed by atoms with E-state index in [1.165, 1.54) is 0 Å². The second kappa shape index (κ2) is 4.70. The summed E-state index contributed by atoms with van der Waals surface area (Å²) in [5, 5.41) is 1.02. The molecule has 4 nitrogen and oxygen atoms in total. The Balaban J connectivity index is 2.03. The fraction of sp³-hybridized carbons (Fsp3) is 0.400. The maximum Gasteiger partial charge on any atom is 0.0726 e. The number of rotatable bonds is 1. The van der Waals surface area contributed by atoms with Gasteiger partial charge >= 0.3 is 0 Å². The Kier molecular flexibility index (Phi) is 3.03. The Morgan fingerprint density at radius 2 is 1.95 bits per heavy atom. The molecule has 2 heterocycles. The van der Waals surface area contributed by atoms with Gasteiger partial charge in [0, 0.05) is 24.7 Å². The van der Waals surface area contributed by atoms with Gasteiger partial charge in [0.25, 0.3) is 0 Å². The third-order valence-corrected chi connectivity index (χ3v) is 3.56. The fourth-order valence-electron chi connectivity index (χ4n) is 2.81. The minimum Gasteiger partial charge on any atom is -0.396 e. The molecule has 1 aliphatic rings. The highest BCUT2D eigenvalue weighted by molar-refractivity contribution is 5.97. The van der Waals surface area contributed by atoms with Crippen molar-refractivity contribution in [1.82, 2.24) is 4.98 Å². The number of benzene rings is 1. The molecule has 1 aliphatic heterocycles. The third-order valence-electron chi connectivity index (χ3n) is 3.56. The van der Waals surface area contributed by atoms with Crippen LogP contribution in [0.3, 0.4) is 0 Å². The van der Waals surface area contributed by atoms with E-state index in [0.29, 0.717) is 0 Å². The van der Waals surface area contributed by atoms with Gasteiger partial charge < -0.3 is 15.4 Å². The number of nitrogen functional groups attached to an aromatic ring is 1. The Bertz CT molecular complexity index is 589. The molecule has 2 N–H and O–H groups in total. The van der Waals surface area contributed by atoms with E-state index in [9.17, 15) is 0 Å². The highest BCUT2D eigenvalue weighted by Gasteiger charge is 2.24. The number of pyridine rings is 1. The summed E-state index contributed by atoms with van der Waals surface area (Å²) in [7, 11) is 0. The van der Waals surface area contributed by atoms with Gasteiger partial charge in [0.2, 0.25) is 0 Å². The predicted octanol–water partition coefficient (Wildman–Crippen LogP) is 2.43. The molecule has 2 atom stereocenters. The van der Waals surface area contributed by atoms with Crippen molar-refractivity contribution < 1.29 is 4.74 Å². The lowest BCUT2D eigenvalue weighted by Crippen LogP contribution is -2.45. The zero-order valence-corrected chi connectivity index (χ0v) is 11.3. The molecule has 0 radical (unpaired) electrons. The molecule has 0 unspecified atom stereocenters. The molecule has 1 aromatic carbocycles. The summed E-state index contributed by atoms with van der Waals surface area (Å²) in [5.74, 6) is 0. The van der Waals surface area contributed by atoms with E-state index in [4.69, 9.17) is 10.5 Å². The second-order valence-electron chi connectivity index (χ2n) is 5.23. The molecule has 0 spiro atoms. The third kappa shape index (κ3) is 2.24. The zero-order valence-electron chi connectivity index (χ0n) is 11.3. The summed E-state index contributed by atoms with van der Waals surface area (Å²) >= 11 is 0. The van der Waals surface area contributed by atoms with E-state index >= 15 is 0 Å². The number of hydrogen-bond donors (Lipinski definition) is 1. The standard InChI is InChI=1S/C15H19N3O/c1-10-8-18(9-11(2)19-10)14-6-5-13-12(15(14)16)4-3-7-17-13/h3-7,10-11H,8-9,16H2,1-2H3/t10-,11+. The molecule has 1 aromatic heterocycles. The number of aromatic nitrogens is 1. The first kappa shape index (κ1) is 12.2. The largest absolute Gasteiger partial charge is 0.396 e. The van der Waals surface area contributed by atoms with Crippen LogP contribution >= 0.6 is 0 Å². The van der Waals surface area contributed by atoms with Crippen LogP contribution in [0.2, 0.25) is 0 Å². The first-order valence-electron chi connectivity index (χ1n) is 6.69. The highest BCUT2D eigenvalue weighted by Crippen LogP contribution is 2.32. The van der Waals surface area contributed by atoms with Gasteiger partial charge in [-0.25, -0.2) is 0 Å². The molecule has 0 amide bonds. The fourth-order valence-corrected chi connectivity index (χ4v) is 2.81. The lowest BCUT2D eigenvalue weighted by atomic mass is 10.1. The summed E-state index contributed by atoms with van der Waals surface area (Å²) in [6.07, 6.45) is 2.25. The van der Waals surface area contributed by atoms with Crippen molar-refractivity contribution in [2.45, 2.75) is 26.1 Å². The number of nitrogens with zero attached hydrogens (tertiary/aromatic N) is 2. The number of ether oxygens (including phenoxy) is 1. The zero-order chi connectivity index (χ0) is 13.4. The van der Waals surface area contributed by atoms with Crippen LogP contribution < -0.4 is 10.6 Å².